The van der Waals surface area contributed by atoms with Gasteiger partial charge in [0.05, 0.1) is 24.2 Å². The lowest BCUT2D eigenvalue weighted by Gasteiger charge is -2.37. The Hall–Kier alpha value is -1.90. The van der Waals surface area contributed by atoms with Crippen molar-refractivity contribution in [3.63, 3.8) is 0 Å². The maximum absolute atomic E-state index is 5.44. The molecule has 0 radical (unpaired) electrons. The molecule has 3 rings (SSSR count). The van der Waals surface area contributed by atoms with Gasteiger partial charge >= 0.3 is 0 Å². The van der Waals surface area contributed by atoms with E-state index in [9.17, 15) is 0 Å². The van der Waals surface area contributed by atoms with Gasteiger partial charge in [-0.25, -0.2) is 0 Å². The van der Waals surface area contributed by atoms with Crippen LogP contribution in [0.2, 0.25) is 0 Å². The van der Waals surface area contributed by atoms with Gasteiger partial charge in [0, 0.05) is 12.6 Å². The molecule has 1 aromatic carbocycles. The molecular formula is C14H16N2O. The first-order valence-electron chi connectivity index (χ1n) is 5.96. The normalized spacial score (nSPS) is 18.6. The van der Waals surface area contributed by atoms with Crippen molar-refractivity contribution in [1.82, 2.24) is 0 Å². The van der Waals surface area contributed by atoms with Crippen LogP contribution in [0.25, 0.3) is 0 Å². The smallest absolute Gasteiger partial charge is 0.123 e. The van der Waals surface area contributed by atoms with Crippen molar-refractivity contribution >= 4 is 11.4 Å². The number of rotatable bonds is 2. The minimum Gasteiger partial charge on any atom is -0.467 e. The molecule has 88 valence electrons. The van der Waals surface area contributed by atoms with Crippen LogP contribution in [0.3, 0.4) is 0 Å². The zero-order valence-electron chi connectivity index (χ0n) is 9.89. The van der Waals surface area contributed by atoms with E-state index in [1.165, 1.54) is 11.4 Å². The van der Waals surface area contributed by atoms with Crippen molar-refractivity contribution in [2.45, 2.75) is 19.5 Å². The fourth-order valence-corrected chi connectivity index (χ4v) is 2.29. The van der Waals surface area contributed by atoms with Gasteiger partial charge in [0.15, 0.2) is 0 Å². The third-order valence-corrected chi connectivity index (χ3v) is 3.24. The number of hydrogen-bond acceptors (Lipinski definition) is 3. The number of nitrogens with one attached hydrogen (secondary N) is 1. The molecular weight excluding hydrogens is 212 g/mol. The number of hydrogen-bond donors (Lipinski definition) is 1. The minimum atomic E-state index is 0.468. The van der Waals surface area contributed by atoms with Gasteiger partial charge in [-0.15, -0.1) is 0 Å². The van der Waals surface area contributed by atoms with Gasteiger partial charge in [0.1, 0.15) is 5.76 Å². The fraction of sp³-hybridized carbons (Fsp3) is 0.286. The first kappa shape index (κ1) is 10.3. The third-order valence-electron chi connectivity index (χ3n) is 3.24. The number of benzene rings is 1. The van der Waals surface area contributed by atoms with Gasteiger partial charge in [-0.05, 0) is 31.2 Å². The van der Waals surface area contributed by atoms with Crippen LogP contribution >= 0.6 is 0 Å². The Kier molecular flexibility index (Phi) is 2.52. The second-order valence-electron chi connectivity index (χ2n) is 4.45. The van der Waals surface area contributed by atoms with Crippen LogP contribution < -0.4 is 10.2 Å². The molecule has 1 N–H and O–H groups in total. The largest absolute Gasteiger partial charge is 0.467 e. The van der Waals surface area contributed by atoms with E-state index in [2.05, 4.69) is 41.4 Å². The van der Waals surface area contributed by atoms with Crippen LogP contribution in [-0.4, -0.2) is 12.6 Å². The van der Waals surface area contributed by atoms with Gasteiger partial charge in [-0.1, -0.05) is 12.1 Å². The van der Waals surface area contributed by atoms with Crippen LogP contribution in [0.15, 0.2) is 47.1 Å². The Morgan fingerprint density at radius 1 is 1.29 bits per heavy atom. The monoisotopic (exact) mass is 228 g/mol. The average Bonchev–Trinajstić information content (AvgIpc) is 2.86. The first-order valence-corrected chi connectivity index (χ1v) is 5.96. The molecule has 0 bridgehead atoms. The Morgan fingerprint density at radius 3 is 3.00 bits per heavy atom. The molecule has 0 amide bonds. The lowest BCUT2D eigenvalue weighted by Crippen LogP contribution is -2.41. The maximum atomic E-state index is 5.44. The van der Waals surface area contributed by atoms with Crippen LogP contribution in [-0.2, 0) is 6.54 Å². The SMILES string of the molecule is CC1CNc2ccccc2N1Cc1ccco1. The summed E-state index contributed by atoms with van der Waals surface area (Å²) >= 11 is 0. The van der Waals surface area contributed by atoms with E-state index in [0.29, 0.717) is 6.04 Å². The highest BCUT2D eigenvalue weighted by Gasteiger charge is 2.22. The highest BCUT2D eigenvalue weighted by atomic mass is 16.3. The molecule has 3 heteroatoms. The van der Waals surface area contributed by atoms with Crippen LogP contribution in [0.4, 0.5) is 11.4 Å². The van der Waals surface area contributed by atoms with Gasteiger partial charge in [0.25, 0.3) is 0 Å². The van der Waals surface area contributed by atoms with Crippen molar-refractivity contribution in [2.75, 3.05) is 16.8 Å². The van der Waals surface area contributed by atoms with Crippen LogP contribution in [0, 0.1) is 0 Å². The van der Waals surface area contributed by atoms with Crippen LogP contribution in [0.5, 0.6) is 0 Å². The number of fused-ring (bicyclic) bond motifs is 1. The topological polar surface area (TPSA) is 28.4 Å². The number of para-hydroxylation sites is 2. The summed E-state index contributed by atoms with van der Waals surface area (Å²) in [6, 6.07) is 12.8. The molecule has 1 atom stereocenters. The second kappa shape index (κ2) is 4.17. The molecule has 1 aliphatic heterocycles. The van der Waals surface area contributed by atoms with Gasteiger partial charge < -0.3 is 14.6 Å². The van der Waals surface area contributed by atoms with Crippen molar-refractivity contribution in [3.05, 3.63) is 48.4 Å². The number of nitrogens with zero attached hydrogens (tertiary/aromatic N) is 1. The zero-order valence-corrected chi connectivity index (χ0v) is 9.89. The standard InChI is InChI=1S/C14H16N2O/c1-11-9-15-13-6-2-3-7-14(13)16(11)10-12-5-4-8-17-12/h2-8,11,15H,9-10H2,1H3. The van der Waals surface area contributed by atoms with E-state index < -0.39 is 0 Å². The average molecular weight is 228 g/mol. The Labute approximate surface area is 101 Å². The van der Waals surface area contributed by atoms with Gasteiger partial charge in [0.2, 0.25) is 0 Å². The second-order valence-corrected chi connectivity index (χ2v) is 4.45. The Morgan fingerprint density at radius 2 is 2.18 bits per heavy atom. The minimum absolute atomic E-state index is 0.468. The number of furan rings is 1. The number of anilines is 2. The van der Waals surface area contributed by atoms with E-state index >= 15 is 0 Å². The van der Waals surface area contributed by atoms with Crippen molar-refractivity contribution in [3.8, 4) is 0 Å². The summed E-state index contributed by atoms with van der Waals surface area (Å²) in [5, 5.41) is 3.45. The van der Waals surface area contributed by atoms with Crippen LogP contribution in [0.1, 0.15) is 12.7 Å². The molecule has 1 aliphatic rings. The Bertz CT molecular complexity index is 493. The third kappa shape index (κ3) is 1.88. The van der Waals surface area contributed by atoms with Gasteiger partial charge in [-0.3, -0.25) is 0 Å². The lowest BCUT2D eigenvalue weighted by atomic mass is 10.1. The molecule has 1 aromatic heterocycles. The summed E-state index contributed by atoms with van der Waals surface area (Å²) in [6.45, 7) is 4.02. The highest BCUT2D eigenvalue weighted by molar-refractivity contribution is 5.72. The highest BCUT2D eigenvalue weighted by Crippen LogP contribution is 2.32. The van der Waals surface area contributed by atoms with E-state index in [4.69, 9.17) is 4.42 Å². The van der Waals surface area contributed by atoms with Crippen molar-refractivity contribution < 1.29 is 4.42 Å². The summed E-state index contributed by atoms with van der Waals surface area (Å²) in [6.07, 6.45) is 1.73. The Balaban J connectivity index is 1.92. The van der Waals surface area contributed by atoms with E-state index in [1.54, 1.807) is 6.26 Å². The molecule has 0 fully saturated rings. The molecule has 1 unspecified atom stereocenters. The molecule has 0 aliphatic carbocycles. The molecule has 17 heavy (non-hydrogen) atoms. The molecule has 2 heterocycles. The molecule has 0 saturated heterocycles. The van der Waals surface area contributed by atoms with E-state index in [1.807, 2.05) is 12.1 Å². The van der Waals surface area contributed by atoms with E-state index in [-0.39, 0.29) is 0 Å². The summed E-state index contributed by atoms with van der Waals surface area (Å²) in [4.78, 5) is 2.38. The molecule has 0 spiro atoms. The summed E-state index contributed by atoms with van der Waals surface area (Å²) in [5.74, 6) is 1.01. The predicted octanol–water partition coefficient (Wildman–Crippen LogP) is 3.10. The maximum Gasteiger partial charge on any atom is 0.123 e. The molecule has 0 saturated carbocycles. The molecule has 2 aromatic rings. The van der Waals surface area contributed by atoms with E-state index in [0.717, 1.165) is 18.8 Å². The summed E-state index contributed by atoms with van der Waals surface area (Å²) in [5.41, 5.74) is 2.46. The fourth-order valence-electron chi connectivity index (χ4n) is 2.29. The molecule has 3 nitrogen and oxygen atoms in total. The first-order chi connectivity index (χ1) is 8.34. The summed E-state index contributed by atoms with van der Waals surface area (Å²) in [7, 11) is 0. The zero-order chi connectivity index (χ0) is 11.7. The predicted molar refractivity (Wildman–Crippen MR) is 69.3 cm³/mol. The van der Waals surface area contributed by atoms with Crippen molar-refractivity contribution in [1.29, 1.82) is 0 Å². The van der Waals surface area contributed by atoms with Gasteiger partial charge in [-0.2, -0.15) is 0 Å². The summed E-state index contributed by atoms with van der Waals surface area (Å²) < 4.78 is 5.44. The quantitative estimate of drug-likeness (QED) is 0.856. The lowest BCUT2D eigenvalue weighted by molar-refractivity contribution is 0.489. The van der Waals surface area contributed by atoms with Crippen molar-refractivity contribution in [2.24, 2.45) is 0 Å².